The van der Waals surface area contributed by atoms with E-state index in [2.05, 4.69) is 11.4 Å². The minimum Gasteiger partial charge on any atom is -0.497 e. The lowest BCUT2D eigenvalue weighted by Gasteiger charge is -2.24. The number of hydrogen-bond donors (Lipinski definition) is 1. The van der Waals surface area contributed by atoms with Crippen molar-refractivity contribution in [2.24, 2.45) is 0 Å². The Morgan fingerprint density at radius 2 is 1.86 bits per heavy atom. The molecule has 2 aromatic rings. The van der Waals surface area contributed by atoms with Crippen LogP contribution < -0.4 is 14.4 Å². The Bertz CT molecular complexity index is 941. The summed E-state index contributed by atoms with van der Waals surface area (Å²) < 4.78 is 30.8. The number of aryl methyl sites for hydroxylation is 2. The van der Waals surface area contributed by atoms with Crippen LogP contribution in [-0.2, 0) is 14.8 Å². The van der Waals surface area contributed by atoms with Gasteiger partial charge in [-0.3, -0.25) is 9.10 Å². The summed E-state index contributed by atoms with van der Waals surface area (Å²) in [6.45, 7) is 5.75. The maximum Gasteiger partial charge on any atom is 0.241 e. The van der Waals surface area contributed by atoms with Crippen molar-refractivity contribution in [1.82, 2.24) is 5.32 Å². The fourth-order valence-corrected chi connectivity index (χ4v) is 3.79. The molecule has 152 valence electrons. The molecule has 0 aromatic heterocycles. The lowest BCUT2D eigenvalue weighted by Crippen LogP contribution is -2.41. The molecule has 0 saturated carbocycles. The molecule has 0 unspecified atom stereocenters. The number of methoxy groups -OCH3 is 1. The van der Waals surface area contributed by atoms with Gasteiger partial charge in [0.25, 0.3) is 0 Å². The average Bonchev–Trinajstić information content (AvgIpc) is 2.65. The van der Waals surface area contributed by atoms with Crippen LogP contribution in [0.4, 0.5) is 5.69 Å². The van der Waals surface area contributed by atoms with E-state index < -0.39 is 10.0 Å². The topological polar surface area (TPSA) is 75.7 Å². The first-order valence-corrected chi connectivity index (χ1v) is 11.0. The van der Waals surface area contributed by atoms with Crippen molar-refractivity contribution in [1.29, 1.82) is 0 Å². The predicted octanol–water partition coefficient (Wildman–Crippen LogP) is 3.35. The van der Waals surface area contributed by atoms with Gasteiger partial charge in [0, 0.05) is 6.07 Å². The van der Waals surface area contributed by atoms with Gasteiger partial charge in [0.1, 0.15) is 12.3 Å². The number of hydrogen-bond acceptors (Lipinski definition) is 4. The molecule has 0 bridgehead atoms. The number of carbonyl (C=O) groups is 1. The van der Waals surface area contributed by atoms with Crippen molar-refractivity contribution >= 4 is 21.6 Å². The number of ether oxygens (including phenoxy) is 1. The first-order valence-electron chi connectivity index (χ1n) is 9.14. The van der Waals surface area contributed by atoms with Crippen LogP contribution in [0.1, 0.15) is 36.1 Å². The third-order valence-electron chi connectivity index (χ3n) is 4.71. The van der Waals surface area contributed by atoms with Crippen LogP contribution in [0.15, 0.2) is 42.5 Å². The van der Waals surface area contributed by atoms with Crippen molar-refractivity contribution in [3.63, 3.8) is 0 Å². The van der Waals surface area contributed by atoms with E-state index in [9.17, 15) is 13.2 Å². The van der Waals surface area contributed by atoms with Crippen LogP contribution in [0.25, 0.3) is 0 Å². The van der Waals surface area contributed by atoms with E-state index in [4.69, 9.17) is 4.74 Å². The van der Waals surface area contributed by atoms with E-state index in [0.717, 1.165) is 21.7 Å². The normalized spacial score (nSPS) is 12.3. The molecule has 2 rings (SSSR count). The molecule has 0 saturated heterocycles. The fourth-order valence-electron chi connectivity index (χ4n) is 2.94. The van der Waals surface area contributed by atoms with Crippen LogP contribution in [0, 0.1) is 13.8 Å². The second-order valence-electron chi connectivity index (χ2n) is 6.84. The van der Waals surface area contributed by atoms with E-state index in [1.54, 1.807) is 24.3 Å². The summed E-state index contributed by atoms with van der Waals surface area (Å²) in [5, 5.41) is 2.95. The molecular formula is C21H28N2O4S. The van der Waals surface area contributed by atoms with Crippen LogP contribution in [0.3, 0.4) is 0 Å². The Balaban J connectivity index is 2.21. The average molecular weight is 405 g/mol. The maximum absolute atomic E-state index is 12.7. The maximum atomic E-state index is 12.7. The molecule has 0 heterocycles. The Labute approximate surface area is 167 Å². The highest BCUT2D eigenvalue weighted by atomic mass is 32.2. The molecule has 1 amide bonds. The van der Waals surface area contributed by atoms with Gasteiger partial charge in [-0.2, -0.15) is 0 Å². The van der Waals surface area contributed by atoms with Crippen molar-refractivity contribution in [3.8, 4) is 5.75 Å². The summed E-state index contributed by atoms with van der Waals surface area (Å²) in [5.74, 6) is 0.159. The van der Waals surface area contributed by atoms with Gasteiger partial charge in [0.05, 0.1) is 25.1 Å². The minimum absolute atomic E-state index is 0.182. The van der Waals surface area contributed by atoms with E-state index in [1.165, 1.54) is 12.7 Å². The molecule has 0 aliphatic carbocycles. The molecule has 2 aromatic carbocycles. The van der Waals surface area contributed by atoms with Crippen LogP contribution >= 0.6 is 0 Å². The summed E-state index contributed by atoms with van der Waals surface area (Å²) in [4.78, 5) is 12.7. The van der Waals surface area contributed by atoms with Gasteiger partial charge in [0.2, 0.25) is 15.9 Å². The monoisotopic (exact) mass is 404 g/mol. The lowest BCUT2D eigenvalue weighted by molar-refractivity contribution is -0.120. The second kappa shape index (κ2) is 9.10. The molecule has 0 spiro atoms. The molecule has 28 heavy (non-hydrogen) atoms. The first-order chi connectivity index (χ1) is 13.2. The zero-order valence-electron chi connectivity index (χ0n) is 17.0. The summed E-state index contributed by atoms with van der Waals surface area (Å²) in [6.07, 6.45) is 1.78. The smallest absolute Gasteiger partial charge is 0.241 e. The number of carbonyl (C=O) groups excluding carboxylic acids is 1. The van der Waals surface area contributed by atoms with Gasteiger partial charge >= 0.3 is 0 Å². The molecule has 1 atom stereocenters. The molecule has 0 radical (unpaired) electrons. The number of sulfonamides is 1. The number of nitrogens with one attached hydrogen (secondary N) is 1. The summed E-state index contributed by atoms with van der Waals surface area (Å²) in [6, 6.07) is 12.5. The molecule has 0 aliphatic heterocycles. The van der Waals surface area contributed by atoms with Crippen LogP contribution in [0.5, 0.6) is 5.75 Å². The molecule has 0 fully saturated rings. The van der Waals surface area contributed by atoms with E-state index in [1.807, 2.05) is 32.9 Å². The van der Waals surface area contributed by atoms with Gasteiger partial charge in [-0.05, 0) is 49.1 Å². The van der Waals surface area contributed by atoms with Gasteiger partial charge in [-0.1, -0.05) is 31.2 Å². The van der Waals surface area contributed by atoms with Crippen LogP contribution in [-0.4, -0.2) is 34.2 Å². The second-order valence-corrected chi connectivity index (χ2v) is 8.75. The highest BCUT2D eigenvalue weighted by Crippen LogP contribution is 2.24. The molecule has 1 N–H and O–H groups in total. The van der Waals surface area contributed by atoms with Crippen molar-refractivity contribution < 1.29 is 17.9 Å². The zero-order chi connectivity index (χ0) is 20.9. The number of benzene rings is 2. The van der Waals surface area contributed by atoms with Gasteiger partial charge < -0.3 is 10.1 Å². The zero-order valence-corrected chi connectivity index (χ0v) is 17.8. The number of rotatable bonds is 8. The molecule has 0 aliphatic rings. The Morgan fingerprint density at radius 3 is 2.43 bits per heavy atom. The fraction of sp³-hybridized carbons (Fsp3) is 0.381. The van der Waals surface area contributed by atoms with E-state index >= 15 is 0 Å². The Morgan fingerprint density at radius 1 is 1.14 bits per heavy atom. The third kappa shape index (κ3) is 5.48. The van der Waals surface area contributed by atoms with Gasteiger partial charge in [-0.25, -0.2) is 8.42 Å². The SMILES string of the molecule is CC[C@@H](NC(=O)CN(c1cccc(OC)c1)S(C)(=O)=O)c1ccc(C)c(C)c1. The largest absolute Gasteiger partial charge is 0.497 e. The highest BCUT2D eigenvalue weighted by Gasteiger charge is 2.23. The van der Waals surface area contributed by atoms with Crippen molar-refractivity contribution in [3.05, 3.63) is 59.2 Å². The quantitative estimate of drug-likeness (QED) is 0.732. The lowest BCUT2D eigenvalue weighted by atomic mass is 9.99. The highest BCUT2D eigenvalue weighted by molar-refractivity contribution is 7.92. The number of nitrogens with zero attached hydrogens (tertiary/aromatic N) is 1. The van der Waals surface area contributed by atoms with Gasteiger partial charge in [-0.15, -0.1) is 0 Å². The minimum atomic E-state index is -3.64. The summed E-state index contributed by atoms with van der Waals surface area (Å²) in [5.41, 5.74) is 3.73. The van der Waals surface area contributed by atoms with E-state index in [0.29, 0.717) is 17.9 Å². The Kier molecular flexibility index (Phi) is 7.07. The molecule has 7 heteroatoms. The summed E-state index contributed by atoms with van der Waals surface area (Å²) in [7, 11) is -2.13. The Hall–Kier alpha value is -2.54. The van der Waals surface area contributed by atoms with Crippen LogP contribution in [0.2, 0.25) is 0 Å². The van der Waals surface area contributed by atoms with Crippen molar-refractivity contribution in [2.45, 2.75) is 33.2 Å². The number of amides is 1. The third-order valence-corrected chi connectivity index (χ3v) is 5.85. The van der Waals surface area contributed by atoms with Gasteiger partial charge in [0.15, 0.2) is 0 Å². The summed E-state index contributed by atoms with van der Waals surface area (Å²) >= 11 is 0. The molecular weight excluding hydrogens is 376 g/mol. The van der Waals surface area contributed by atoms with Crippen molar-refractivity contribution in [2.75, 3.05) is 24.2 Å². The predicted molar refractivity (Wildman–Crippen MR) is 112 cm³/mol. The first kappa shape index (κ1) is 21.8. The molecule has 6 nitrogen and oxygen atoms in total. The van der Waals surface area contributed by atoms with E-state index in [-0.39, 0.29) is 18.5 Å². The number of anilines is 1. The standard InChI is InChI=1S/C21H28N2O4S/c1-6-20(17-11-10-15(2)16(3)12-17)22-21(24)14-23(28(5,25)26)18-8-7-9-19(13-18)27-4/h7-13,20H,6,14H2,1-5H3,(H,22,24)/t20-/m1/s1.